The fourth-order valence-corrected chi connectivity index (χ4v) is 2.59. The van der Waals surface area contributed by atoms with E-state index in [1.54, 1.807) is 0 Å². The summed E-state index contributed by atoms with van der Waals surface area (Å²) < 4.78 is 19.7. The van der Waals surface area contributed by atoms with Crippen LogP contribution in [-0.2, 0) is 0 Å². The average molecular weight is 355 g/mol. The first kappa shape index (κ1) is 17.2. The maximum Gasteiger partial charge on any atom is 0.284 e. The summed E-state index contributed by atoms with van der Waals surface area (Å²) in [6.07, 6.45) is 0.961. The van der Waals surface area contributed by atoms with Crippen LogP contribution in [0.5, 0.6) is 11.5 Å². The van der Waals surface area contributed by atoms with E-state index in [1.807, 2.05) is 6.07 Å². The average Bonchev–Trinajstić information content (AvgIpc) is 3.14. The molecule has 132 valence electrons. The molecule has 1 amide bonds. The third kappa shape index (κ3) is 3.00. The summed E-state index contributed by atoms with van der Waals surface area (Å²) >= 11 is 0. The van der Waals surface area contributed by atoms with E-state index in [1.165, 1.54) is 25.3 Å². The van der Waals surface area contributed by atoms with Gasteiger partial charge < -0.3 is 20.5 Å². The van der Waals surface area contributed by atoms with E-state index < -0.39 is 17.5 Å². The van der Waals surface area contributed by atoms with E-state index in [-0.39, 0.29) is 34.1 Å². The number of aliphatic imine (C=N–C) groups is 1. The van der Waals surface area contributed by atoms with Gasteiger partial charge in [-0.05, 0) is 6.07 Å². The highest BCUT2D eigenvalue weighted by molar-refractivity contribution is 6.09. The molecule has 1 aromatic heterocycles. The Labute approximate surface area is 148 Å². The standard InChI is InChI=1S/C17H14FN5O3/c1-26-12-4-2-3-9(15(12)18)13-10(7-19)22-8-11(24)14(13)16(25)23-17-20-5-6-21-17/h2-4,8,24H,5-6H2,1H3,(H2,20,21,23,25). The number of nitrogens with zero attached hydrogens (tertiary/aromatic N) is 3. The number of methoxy groups -OCH3 is 1. The molecule has 0 saturated carbocycles. The van der Waals surface area contributed by atoms with E-state index in [0.717, 1.165) is 6.20 Å². The molecule has 0 unspecified atom stereocenters. The number of nitriles is 1. The molecular weight excluding hydrogens is 341 g/mol. The minimum absolute atomic E-state index is 0.0708. The Bertz CT molecular complexity index is 944. The smallest absolute Gasteiger partial charge is 0.284 e. The fourth-order valence-electron chi connectivity index (χ4n) is 2.59. The second-order valence-corrected chi connectivity index (χ2v) is 5.29. The van der Waals surface area contributed by atoms with E-state index in [2.05, 4.69) is 20.6 Å². The fraction of sp³-hybridized carbons (Fsp3) is 0.176. The molecule has 3 rings (SSSR count). The maximum absolute atomic E-state index is 14.7. The SMILES string of the molecule is COc1cccc(-c2c(C#N)ncc(O)c2C(=O)N=C2NCCN2)c1F. The van der Waals surface area contributed by atoms with Crippen molar-refractivity contribution in [1.29, 1.82) is 5.26 Å². The Morgan fingerprint density at radius 1 is 1.42 bits per heavy atom. The third-order valence-corrected chi connectivity index (χ3v) is 3.75. The lowest BCUT2D eigenvalue weighted by Crippen LogP contribution is -2.25. The number of carbonyl (C=O) groups excluding carboxylic acids is 1. The first-order valence-electron chi connectivity index (χ1n) is 7.62. The van der Waals surface area contributed by atoms with Gasteiger partial charge >= 0.3 is 0 Å². The largest absolute Gasteiger partial charge is 0.505 e. The van der Waals surface area contributed by atoms with Crippen LogP contribution in [0.15, 0.2) is 29.4 Å². The van der Waals surface area contributed by atoms with Crippen molar-refractivity contribution >= 4 is 11.9 Å². The molecule has 1 aromatic carbocycles. The van der Waals surface area contributed by atoms with Crippen LogP contribution in [0.25, 0.3) is 11.1 Å². The van der Waals surface area contributed by atoms with Crippen LogP contribution >= 0.6 is 0 Å². The number of ether oxygens (including phenoxy) is 1. The summed E-state index contributed by atoms with van der Waals surface area (Å²) in [6, 6.07) is 6.08. The number of hydrogen-bond donors (Lipinski definition) is 3. The molecule has 0 atom stereocenters. The molecule has 3 N–H and O–H groups in total. The topological polar surface area (TPSA) is 120 Å². The lowest BCUT2D eigenvalue weighted by molar-refractivity contribution is 0.1000. The Morgan fingerprint density at radius 2 is 2.15 bits per heavy atom. The highest BCUT2D eigenvalue weighted by Gasteiger charge is 2.26. The monoisotopic (exact) mass is 355 g/mol. The zero-order valence-corrected chi connectivity index (χ0v) is 13.7. The van der Waals surface area contributed by atoms with E-state index >= 15 is 0 Å². The van der Waals surface area contributed by atoms with Crippen LogP contribution in [-0.4, -0.2) is 42.2 Å². The van der Waals surface area contributed by atoms with Crippen molar-refractivity contribution in [3.8, 4) is 28.7 Å². The number of halogens is 1. The summed E-state index contributed by atoms with van der Waals surface area (Å²) in [4.78, 5) is 20.3. The molecule has 8 nitrogen and oxygen atoms in total. The van der Waals surface area contributed by atoms with Crippen LogP contribution in [0.3, 0.4) is 0 Å². The number of aromatic hydroxyl groups is 1. The number of rotatable bonds is 3. The molecule has 26 heavy (non-hydrogen) atoms. The molecule has 0 spiro atoms. The molecule has 0 aliphatic carbocycles. The highest BCUT2D eigenvalue weighted by Crippen LogP contribution is 2.36. The van der Waals surface area contributed by atoms with Crippen LogP contribution in [0, 0.1) is 17.1 Å². The Hall–Kier alpha value is -3.67. The number of pyridine rings is 1. The molecule has 9 heteroatoms. The summed E-state index contributed by atoms with van der Waals surface area (Å²) in [5, 5.41) is 25.2. The normalized spacial score (nSPS) is 12.7. The predicted molar refractivity (Wildman–Crippen MR) is 90.3 cm³/mol. The minimum atomic E-state index is -0.837. The quantitative estimate of drug-likeness (QED) is 0.756. The molecule has 2 heterocycles. The van der Waals surface area contributed by atoms with Gasteiger partial charge in [-0.25, -0.2) is 9.37 Å². The van der Waals surface area contributed by atoms with Gasteiger partial charge in [0.15, 0.2) is 17.5 Å². The van der Waals surface area contributed by atoms with Crippen LogP contribution in [0.1, 0.15) is 16.1 Å². The van der Waals surface area contributed by atoms with Gasteiger partial charge in [0.2, 0.25) is 0 Å². The van der Waals surface area contributed by atoms with Crippen molar-refractivity contribution in [2.75, 3.05) is 20.2 Å². The highest BCUT2D eigenvalue weighted by atomic mass is 19.1. The molecule has 2 aromatic rings. The van der Waals surface area contributed by atoms with Gasteiger partial charge in [-0.2, -0.15) is 10.3 Å². The molecule has 1 aliphatic heterocycles. The minimum Gasteiger partial charge on any atom is -0.505 e. The first-order chi connectivity index (χ1) is 12.6. The number of aromatic nitrogens is 1. The molecule has 0 bridgehead atoms. The van der Waals surface area contributed by atoms with Crippen molar-refractivity contribution in [1.82, 2.24) is 15.6 Å². The van der Waals surface area contributed by atoms with Crippen molar-refractivity contribution in [2.45, 2.75) is 0 Å². The summed E-state index contributed by atoms with van der Waals surface area (Å²) in [6.45, 7) is 1.19. The Balaban J connectivity index is 2.25. The summed E-state index contributed by atoms with van der Waals surface area (Å²) in [7, 11) is 1.30. The van der Waals surface area contributed by atoms with E-state index in [4.69, 9.17) is 4.74 Å². The lowest BCUT2D eigenvalue weighted by Gasteiger charge is -2.13. The molecule has 0 radical (unpaired) electrons. The van der Waals surface area contributed by atoms with Gasteiger partial charge in [0.1, 0.15) is 17.5 Å². The van der Waals surface area contributed by atoms with Crippen molar-refractivity contribution in [2.24, 2.45) is 4.99 Å². The molecule has 1 aliphatic rings. The zero-order valence-electron chi connectivity index (χ0n) is 13.7. The number of amides is 1. The molecule has 1 saturated heterocycles. The number of benzene rings is 1. The van der Waals surface area contributed by atoms with Crippen LogP contribution in [0.2, 0.25) is 0 Å². The van der Waals surface area contributed by atoms with Crippen molar-refractivity contribution in [3.05, 3.63) is 41.5 Å². The number of nitrogens with one attached hydrogen (secondary N) is 2. The summed E-state index contributed by atoms with van der Waals surface area (Å²) in [5.41, 5.74) is -0.769. The van der Waals surface area contributed by atoms with Crippen LogP contribution < -0.4 is 15.4 Å². The van der Waals surface area contributed by atoms with Gasteiger partial charge in [0, 0.05) is 24.2 Å². The van der Waals surface area contributed by atoms with E-state index in [9.17, 15) is 19.6 Å². The first-order valence-corrected chi connectivity index (χ1v) is 7.62. The van der Waals surface area contributed by atoms with Gasteiger partial charge in [0.25, 0.3) is 5.91 Å². The van der Waals surface area contributed by atoms with Crippen LogP contribution in [0.4, 0.5) is 4.39 Å². The number of guanidine groups is 1. The second-order valence-electron chi connectivity index (χ2n) is 5.29. The summed E-state index contributed by atoms with van der Waals surface area (Å²) in [5.74, 6) is -1.96. The lowest BCUT2D eigenvalue weighted by atomic mass is 9.96. The Morgan fingerprint density at radius 3 is 2.81 bits per heavy atom. The molecular formula is C17H14FN5O3. The van der Waals surface area contributed by atoms with Crippen molar-refractivity contribution < 1.29 is 19.0 Å². The van der Waals surface area contributed by atoms with Gasteiger partial charge in [-0.15, -0.1) is 0 Å². The van der Waals surface area contributed by atoms with E-state index in [0.29, 0.717) is 13.1 Å². The molecule has 1 fully saturated rings. The van der Waals surface area contributed by atoms with Gasteiger partial charge in [-0.3, -0.25) is 4.79 Å². The number of hydrogen-bond acceptors (Lipinski definition) is 5. The predicted octanol–water partition coefficient (Wildman–Crippen LogP) is 1.16. The second kappa shape index (κ2) is 7.06. The Kier molecular flexibility index (Phi) is 4.66. The number of carbonyl (C=O) groups is 1. The van der Waals surface area contributed by atoms with Crippen molar-refractivity contribution in [3.63, 3.8) is 0 Å². The van der Waals surface area contributed by atoms with Gasteiger partial charge in [-0.1, -0.05) is 12.1 Å². The zero-order chi connectivity index (χ0) is 18.7. The van der Waals surface area contributed by atoms with Gasteiger partial charge in [0.05, 0.1) is 18.9 Å². The third-order valence-electron chi connectivity index (χ3n) is 3.75. The maximum atomic E-state index is 14.7.